The van der Waals surface area contributed by atoms with Crippen LogP contribution in [0, 0.1) is 0 Å². The molecule has 0 unspecified atom stereocenters. The molecule has 0 saturated heterocycles. The number of carbonyl (C=O) groups excluding carboxylic acids is 1. The fourth-order valence-electron chi connectivity index (χ4n) is 1.35. The smallest absolute Gasteiger partial charge is 0.261 e. The molecule has 0 amide bonds. The first kappa shape index (κ1) is 13.6. The Morgan fingerprint density at radius 3 is 2.71 bits per heavy atom. The largest absolute Gasteiger partial charge is 0.496 e. The van der Waals surface area contributed by atoms with Crippen molar-refractivity contribution < 1.29 is 23.0 Å². The van der Waals surface area contributed by atoms with Crippen LogP contribution in [0.4, 0.5) is 8.78 Å². The lowest BCUT2D eigenvalue weighted by atomic mass is 10.1. The summed E-state index contributed by atoms with van der Waals surface area (Å²) in [4.78, 5) is 11.7. The van der Waals surface area contributed by atoms with Crippen LogP contribution in [0.5, 0.6) is 5.75 Å². The lowest BCUT2D eigenvalue weighted by molar-refractivity contribution is 0.0169. The van der Waals surface area contributed by atoms with E-state index >= 15 is 0 Å². The second kappa shape index (κ2) is 6.96. The van der Waals surface area contributed by atoms with E-state index in [4.69, 9.17) is 4.74 Å². The molecule has 0 aromatic heterocycles. The van der Waals surface area contributed by atoms with Crippen molar-refractivity contribution in [2.24, 2.45) is 0 Å². The first-order chi connectivity index (χ1) is 8.15. The van der Waals surface area contributed by atoms with Crippen LogP contribution in [-0.2, 0) is 4.74 Å². The van der Waals surface area contributed by atoms with E-state index in [0.717, 1.165) is 0 Å². The van der Waals surface area contributed by atoms with Crippen molar-refractivity contribution in [3.8, 4) is 5.75 Å². The molecule has 0 bridgehead atoms. The number of carbonyl (C=O) groups is 1. The summed E-state index contributed by atoms with van der Waals surface area (Å²) in [5.41, 5.74) is 0.440. The Bertz CT molecular complexity index is 367. The molecule has 1 rings (SSSR count). The first-order valence-electron chi connectivity index (χ1n) is 5.17. The van der Waals surface area contributed by atoms with E-state index < -0.39 is 13.0 Å². The molecule has 5 heteroatoms. The molecule has 0 aliphatic carbocycles. The van der Waals surface area contributed by atoms with Crippen LogP contribution < -0.4 is 4.74 Å². The van der Waals surface area contributed by atoms with Crippen LogP contribution in [0.25, 0.3) is 0 Å². The molecule has 0 saturated carbocycles. The quantitative estimate of drug-likeness (QED) is 0.546. The molecule has 0 fully saturated rings. The molecule has 1 aromatic carbocycles. The van der Waals surface area contributed by atoms with Gasteiger partial charge in [-0.2, -0.15) is 0 Å². The van der Waals surface area contributed by atoms with Crippen molar-refractivity contribution in [2.75, 3.05) is 20.3 Å². The van der Waals surface area contributed by atoms with Crippen LogP contribution in [0.15, 0.2) is 24.3 Å². The van der Waals surface area contributed by atoms with Gasteiger partial charge < -0.3 is 9.47 Å². The van der Waals surface area contributed by atoms with Crippen LogP contribution >= 0.6 is 0 Å². The van der Waals surface area contributed by atoms with Gasteiger partial charge in [-0.1, -0.05) is 12.1 Å². The summed E-state index contributed by atoms with van der Waals surface area (Å²) in [6, 6.07) is 6.78. The number of alkyl halides is 2. The minimum atomic E-state index is -2.50. The zero-order valence-corrected chi connectivity index (χ0v) is 9.49. The number of ether oxygens (including phenoxy) is 2. The summed E-state index contributed by atoms with van der Waals surface area (Å²) >= 11 is 0. The van der Waals surface area contributed by atoms with Gasteiger partial charge in [0, 0.05) is 6.42 Å². The van der Waals surface area contributed by atoms with Crippen molar-refractivity contribution >= 4 is 5.78 Å². The summed E-state index contributed by atoms with van der Waals surface area (Å²) < 4.78 is 33.2. The average Bonchev–Trinajstić information content (AvgIpc) is 2.34. The second-order valence-corrected chi connectivity index (χ2v) is 3.34. The third-order valence-corrected chi connectivity index (χ3v) is 2.12. The first-order valence-corrected chi connectivity index (χ1v) is 5.17. The zero-order valence-electron chi connectivity index (χ0n) is 9.49. The van der Waals surface area contributed by atoms with Crippen LogP contribution in [0.3, 0.4) is 0 Å². The topological polar surface area (TPSA) is 35.5 Å². The number of benzene rings is 1. The maximum absolute atomic E-state index is 11.8. The number of hydrogen-bond donors (Lipinski definition) is 0. The lowest BCUT2D eigenvalue weighted by Crippen LogP contribution is -2.10. The van der Waals surface area contributed by atoms with Crippen LogP contribution in [-0.4, -0.2) is 32.5 Å². The van der Waals surface area contributed by atoms with Crippen LogP contribution in [0.1, 0.15) is 16.8 Å². The minimum Gasteiger partial charge on any atom is -0.496 e. The normalized spacial score (nSPS) is 10.6. The number of ketones is 1. The monoisotopic (exact) mass is 244 g/mol. The molecule has 1 aromatic rings. The Kier molecular flexibility index (Phi) is 5.56. The molecule has 17 heavy (non-hydrogen) atoms. The molecule has 0 spiro atoms. The maximum atomic E-state index is 11.8. The Morgan fingerprint density at radius 1 is 1.35 bits per heavy atom. The predicted octanol–water partition coefficient (Wildman–Crippen LogP) is 2.55. The summed E-state index contributed by atoms with van der Waals surface area (Å²) in [5, 5.41) is 0. The van der Waals surface area contributed by atoms with Gasteiger partial charge in [0.1, 0.15) is 12.4 Å². The number of halogens is 2. The summed E-state index contributed by atoms with van der Waals surface area (Å²) in [6.45, 7) is -0.652. The van der Waals surface area contributed by atoms with Crippen LogP contribution in [0.2, 0.25) is 0 Å². The summed E-state index contributed by atoms with van der Waals surface area (Å²) in [5.74, 6) is 0.295. The Hall–Kier alpha value is -1.49. The number of hydrogen-bond acceptors (Lipinski definition) is 3. The van der Waals surface area contributed by atoms with Crippen molar-refractivity contribution in [1.82, 2.24) is 0 Å². The maximum Gasteiger partial charge on any atom is 0.261 e. The van der Waals surface area contributed by atoms with E-state index in [0.29, 0.717) is 11.3 Å². The minimum absolute atomic E-state index is 0.0127. The van der Waals surface area contributed by atoms with Crippen molar-refractivity contribution in [2.45, 2.75) is 12.8 Å². The van der Waals surface area contributed by atoms with Crippen molar-refractivity contribution in [1.29, 1.82) is 0 Å². The Morgan fingerprint density at radius 2 is 2.06 bits per heavy atom. The van der Waals surface area contributed by atoms with E-state index in [1.165, 1.54) is 7.11 Å². The van der Waals surface area contributed by atoms with E-state index in [-0.39, 0.29) is 18.8 Å². The van der Waals surface area contributed by atoms with E-state index in [1.54, 1.807) is 24.3 Å². The third-order valence-electron chi connectivity index (χ3n) is 2.12. The fourth-order valence-corrected chi connectivity index (χ4v) is 1.35. The van der Waals surface area contributed by atoms with Gasteiger partial charge in [-0.15, -0.1) is 0 Å². The molecular formula is C12H14F2O3. The van der Waals surface area contributed by atoms with Gasteiger partial charge in [0.2, 0.25) is 0 Å². The van der Waals surface area contributed by atoms with Gasteiger partial charge in [-0.3, -0.25) is 4.79 Å². The second-order valence-electron chi connectivity index (χ2n) is 3.34. The summed E-state index contributed by atoms with van der Waals surface area (Å²) in [6.07, 6.45) is -2.44. The Labute approximate surface area is 98.3 Å². The van der Waals surface area contributed by atoms with Gasteiger partial charge in [-0.25, -0.2) is 8.78 Å². The molecule has 0 radical (unpaired) electrons. The zero-order chi connectivity index (χ0) is 12.7. The standard InChI is InChI=1S/C12H14F2O3/c1-16-11-5-3-2-4-9(11)10(15)6-7-17-8-12(13)14/h2-5,12H,6-8H2,1H3. The summed E-state index contributed by atoms with van der Waals surface area (Å²) in [7, 11) is 1.47. The molecule has 0 aliphatic heterocycles. The molecule has 3 nitrogen and oxygen atoms in total. The highest BCUT2D eigenvalue weighted by atomic mass is 19.3. The Balaban J connectivity index is 2.47. The van der Waals surface area contributed by atoms with Crippen molar-refractivity contribution in [3.63, 3.8) is 0 Å². The highest BCUT2D eigenvalue weighted by Crippen LogP contribution is 2.18. The highest BCUT2D eigenvalue weighted by Gasteiger charge is 2.11. The van der Waals surface area contributed by atoms with E-state index in [2.05, 4.69) is 4.74 Å². The fraction of sp³-hybridized carbons (Fsp3) is 0.417. The van der Waals surface area contributed by atoms with Gasteiger partial charge in [0.05, 0.1) is 19.3 Å². The number of methoxy groups -OCH3 is 1. The lowest BCUT2D eigenvalue weighted by Gasteiger charge is -2.07. The SMILES string of the molecule is COc1ccccc1C(=O)CCOCC(F)F. The number of rotatable bonds is 7. The number of para-hydroxylation sites is 1. The molecule has 94 valence electrons. The molecule has 0 heterocycles. The van der Waals surface area contributed by atoms with Gasteiger partial charge in [-0.05, 0) is 12.1 Å². The molecule has 0 aliphatic rings. The molecule has 0 N–H and O–H groups in total. The highest BCUT2D eigenvalue weighted by molar-refractivity contribution is 5.98. The third kappa shape index (κ3) is 4.48. The predicted molar refractivity (Wildman–Crippen MR) is 58.8 cm³/mol. The molecule has 0 atom stereocenters. The molecular weight excluding hydrogens is 230 g/mol. The van der Waals surface area contributed by atoms with Gasteiger partial charge >= 0.3 is 0 Å². The number of Topliss-reactive ketones (excluding diaryl/α,β-unsaturated/α-hetero) is 1. The van der Waals surface area contributed by atoms with Gasteiger partial charge in [0.25, 0.3) is 6.43 Å². The van der Waals surface area contributed by atoms with Gasteiger partial charge in [0.15, 0.2) is 5.78 Å². The average molecular weight is 244 g/mol. The van der Waals surface area contributed by atoms with E-state index in [1.807, 2.05) is 0 Å². The van der Waals surface area contributed by atoms with Crippen molar-refractivity contribution in [3.05, 3.63) is 29.8 Å². The van der Waals surface area contributed by atoms with E-state index in [9.17, 15) is 13.6 Å².